The summed E-state index contributed by atoms with van der Waals surface area (Å²) >= 11 is 11.9. The number of hydrogen-bond donors (Lipinski definition) is 2. The molecule has 2 aromatic carbocycles. The van der Waals surface area contributed by atoms with Crippen molar-refractivity contribution in [2.24, 2.45) is 11.3 Å². The zero-order valence-corrected chi connectivity index (χ0v) is 20.4. The highest BCUT2D eigenvalue weighted by molar-refractivity contribution is 6.30. The van der Waals surface area contributed by atoms with Crippen LogP contribution in [-0.2, 0) is 10.4 Å². The van der Waals surface area contributed by atoms with Gasteiger partial charge in [0, 0.05) is 34.1 Å². The highest BCUT2D eigenvalue weighted by Crippen LogP contribution is 2.46. The summed E-state index contributed by atoms with van der Waals surface area (Å²) in [6.07, 6.45) is 0.392. The van der Waals surface area contributed by atoms with Gasteiger partial charge in [-0.1, -0.05) is 63.0 Å². The van der Waals surface area contributed by atoms with E-state index in [1.165, 1.54) is 0 Å². The number of nitrogens with one attached hydrogen (secondary N) is 1. The topological polar surface area (TPSA) is 69.6 Å². The fourth-order valence-electron chi connectivity index (χ4n) is 4.31. The Bertz CT molecular complexity index is 974. The monoisotopic (exact) mass is 476 g/mol. The standard InChI is InChI=1S/C25H30Cl2N2O3/c1-16(2)21(28-22(30)17-5-9-19(26)10-6-17)23(31)29-14-13-25(32,24(3,4)15-29)18-7-11-20(27)12-8-18/h5-12,16,21,32H,13-15H2,1-4H3,(H,28,30)/t21-,25+/m1/s1. The molecule has 7 heteroatoms. The summed E-state index contributed by atoms with van der Waals surface area (Å²) in [5, 5.41) is 15.6. The van der Waals surface area contributed by atoms with Gasteiger partial charge in [0.15, 0.2) is 0 Å². The Kier molecular flexibility index (Phi) is 7.23. The Morgan fingerprint density at radius 3 is 2.03 bits per heavy atom. The molecule has 5 nitrogen and oxygen atoms in total. The average molecular weight is 477 g/mol. The van der Waals surface area contributed by atoms with Crippen LogP contribution in [0, 0.1) is 11.3 Å². The van der Waals surface area contributed by atoms with E-state index in [0.29, 0.717) is 35.1 Å². The summed E-state index contributed by atoms with van der Waals surface area (Å²) in [6.45, 7) is 8.48. The van der Waals surface area contributed by atoms with Crippen LogP contribution in [0.25, 0.3) is 0 Å². The minimum Gasteiger partial charge on any atom is -0.384 e. The molecule has 1 saturated heterocycles. The van der Waals surface area contributed by atoms with Crippen LogP contribution in [-0.4, -0.2) is 41.0 Å². The van der Waals surface area contributed by atoms with E-state index in [1.54, 1.807) is 41.3 Å². The normalized spacial score (nSPS) is 21.3. The molecule has 2 N–H and O–H groups in total. The van der Waals surface area contributed by atoms with Gasteiger partial charge in [0.05, 0.1) is 5.60 Å². The molecule has 2 atom stereocenters. The van der Waals surface area contributed by atoms with Gasteiger partial charge in [0.2, 0.25) is 5.91 Å². The Balaban J connectivity index is 1.76. The van der Waals surface area contributed by atoms with Crippen LogP contribution >= 0.6 is 23.2 Å². The van der Waals surface area contributed by atoms with Crippen LogP contribution in [0.2, 0.25) is 10.0 Å². The molecule has 0 radical (unpaired) electrons. The third kappa shape index (κ3) is 4.95. The second-order valence-corrected chi connectivity index (χ2v) is 10.3. The number of amides is 2. The maximum absolute atomic E-state index is 13.4. The zero-order chi connectivity index (χ0) is 23.7. The summed E-state index contributed by atoms with van der Waals surface area (Å²) in [6, 6.07) is 13.1. The molecule has 0 bridgehead atoms. The van der Waals surface area contributed by atoms with Crippen molar-refractivity contribution in [2.75, 3.05) is 13.1 Å². The minimum atomic E-state index is -1.09. The second kappa shape index (κ2) is 9.42. The van der Waals surface area contributed by atoms with Crippen molar-refractivity contribution in [1.29, 1.82) is 0 Å². The lowest BCUT2D eigenvalue weighted by Gasteiger charge is -2.51. The molecule has 0 unspecified atom stereocenters. The van der Waals surface area contributed by atoms with E-state index in [-0.39, 0.29) is 17.7 Å². The smallest absolute Gasteiger partial charge is 0.251 e. The minimum absolute atomic E-state index is 0.0982. The summed E-state index contributed by atoms with van der Waals surface area (Å²) in [4.78, 5) is 27.9. The number of halogens is 2. The number of piperidine rings is 1. The molecular weight excluding hydrogens is 447 g/mol. The third-order valence-electron chi connectivity index (χ3n) is 6.41. The third-order valence-corrected chi connectivity index (χ3v) is 6.91. The molecule has 32 heavy (non-hydrogen) atoms. The van der Waals surface area contributed by atoms with Crippen LogP contribution in [0.15, 0.2) is 48.5 Å². The number of aliphatic hydroxyl groups is 1. The summed E-state index contributed by atoms with van der Waals surface area (Å²) < 4.78 is 0. The first-order chi connectivity index (χ1) is 14.9. The van der Waals surface area contributed by atoms with Gasteiger partial charge in [-0.2, -0.15) is 0 Å². The number of hydrogen-bond acceptors (Lipinski definition) is 3. The molecular formula is C25H30Cl2N2O3. The van der Waals surface area contributed by atoms with Crippen LogP contribution in [0.1, 0.15) is 50.0 Å². The SMILES string of the molecule is CC(C)[C@@H](NC(=O)c1ccc(Cl)cc1)C(=O)N1CC[C@](O)(c2ccc(Cl)cc2)C(C)(C)C1. The van der Waals surface area contributed by atoms with Crippen molar-refractivity contribution in [2.45, 2.75) is 45.8 Å². The lowest BCUT2D eigenvalue weighted by atomic mass is 9.66. The fourth-order valence-corrected chi connectivity index (χ4v) is 4.56. The molecule has 3 rings (SSSR count). The van der Waals surface area contributed by atoms with Crippen molar-refractivity contribution in [3.8, 4) is 0 Å². The van der Waals surface area contributed by atoms with Crippen molar-refractivity contribution < 1.29 is 14.7 Å². The van der Waals surface area contributed by atoms with E-state index < -0.39 is 17.1 Å². The summed E-state index contributed by atoms with van der Waals surface area (Å²) in [5.74, 6) is -0.560. The predicted octanol–water partition coefficient (Wildman–Crippen LogP) is 4.89. The Morgan fingerprint density at radius 1 is 1.00 bits per heavy atom. The van der Waals surface area contributed by atoms with E-state index in [0.717, 1.165) is 5.56 Å². The van der Waals surface area contributed by atoms with Crippen molar-refractivity contribution in [1.82, 2.24) is 10.2 Å². The van der Waals surface area contributed by atoms with Gasteiger partial charge in [-0.25, -0.2) is 0 Å². The molecule has 1 aliphatic rings. The maximum Gasteiger partial charge on any atom is 0.251 e. The Morgan fingerprint density at radius 2 is 1.53 bits per heavy atom. The Labute approximate surface area is 199 Å². The highest BCUT2D eigenvalue weighted by Gasteiger charge is 2.50. The zero-order valence-electron chi connectivity index (χ0n) is 18.9. The molecule has 1 aliphatic heterocycles. The van der Waals surface area contributed by atoms with Gasteiger partial charge in [0.25, 0.3) is 5.91 Å². The van der Waals surface area contributed by atoms with Gasteiger partial charge in [-0.05, 0) is 54.3 Å². The quantitative estimate of drug-likeness (QED) is 0.644. The molecule has 0 saturated carbocycles. The second-order valence-electron chi connectivity index (χ2n) is 9.46. The van der Waals surface area contributed by atoms with Gasteiger partial charge in [-0.3, -0.25) is 9.59 Å². The van der Waals surface area contributed by atoms with Gasteiger partial charge in [-0.15, -0.1) is 0 Å². The number of nitrogens with zero attached hydrogens (tertiary/aromatic N) is 1. The number of carbonyl (C=O) groups excluding carboxylic acids is 2. The number of likely N-dealkylation sites (tertiary alicyclic amines) is 1. The average Bonchev–Trinajstić information content (AvgIpc) is 2.74. The van der Waals surface area contributed by atoms with Gasteiger partial charge < -0.3 is 15.3 Å². The molecule has 172 valence electrons. The first-order valence-corrected chi connectivity index (χ1v) is 11.5. The van der Waals surface area contributed by atoms with Crippen LogP contribution in [0.3, 0.4) is 0 Å². The molecule has 1 heterocycles. The summed E-state index contributed by atoms with van der Waals surface area (Å²) in [7, 11) is 0. The first kappa shape index (κ1) is 24.6. The number of rotatable bonds is 5. The molecule has 2 amide bonds. The van der Waals surface area contributed by atoms with Crippen LogP contribution in [0.5, 0.6) is 0 Å². The molecule has 0 aliphatic carbocycles. The molecule has 0 spiro atoms. The van der Waals surface area contributed by atoms with E-state index in [2.05, 4.69) is 5.32 Å². The molecule has 0 aromatic heterocycles. The summed E-state index contributed by atoms with van der Waals surface area (Å²) in [5.41, 5.74) is -0.454. The van der Waals surface area contributed by atoms with Crippen molar-refractivity contribution >= 4 is 35.0 Å². The van der Waals surface area contributed by atoms with Crippen LogP contribution < -0.4 is 5.32 Å². The van der Waals surface area contributed by atoms with E-state index in [1.807, 2.05) is 39.8 Å². The van der Waals surface area contributed by atoms with Crippen LogP contribution in [0.4, 0.5) is 0 Å². The van der Waals surface area contributed by atoms with E-state index in [9.17, 15) is 14.7 Å². The lowest BCUT2D eigenvalue weighted by Crippen LogP contribution is -2.60. The first-order valence-electron chi connectivity index (χ1n) is 10.8. The maximum atomic E-state index is 13.4. The predicted molar refractivity (Wildman–Crippen MR) is 128 cm³/mol. The van der Waals surface area contributed by atoms with E-state index >= 15 is 0 Å². The van der Waals surface area contributed by atoms with Gasteiger partial charge in [0.1, 0.15) is 6.04 Å². The molecule has 1 fully saturated rings. The largest absolute Gasteiger partial charge is 0.384 e. The molecule has 2 aromatic rings. The lowest BCUT2D eigenvalue weighted by molar-refractivity contribution is -0.155. The van der Waals surface area contributed by atoms with Gasteiger partial charge >= 0.3 is 0 Å². The van der Waals surface area contributed by atoms with E-state index in [4.69, 9.17) is 23.2 Å². The van der Waals surface area contributed by atoms with Crippen molar-refractivity contribution in [3.63, 3.8) is 0 Å². The van der Waals surface area contributed by atoms with Crippen molar-refractivity contribution in [3.05, 3.63) is 69.7 Å². The number of benzene rings is 2. The Hall–Kier alpha value is -2.08. The fraction of sp³-hybridized carbons (Fsp3) is 0.440. The highest BCUT2D eigenvalue weighted by atomic mass is 35.5. The number of carbonyl (C=O) groups is 2.